The van der Waals surface area contributed by atoms with E-state index in [9.17, 15) is 9.59 Å². The highest BCUT2D eigenvalue weighted by Crippen LogP contribution is 2.49. The average molecular weight is 331 g/mol. The van der Waals surface area contributed by atoms with Gasteiger partial charge >= 0.3 is 5.97 Å². The Hall–Kier alpha value is -2.04. The quantitative estimate of drug-likeness (QED) is 0.780. The lowest BCUT2D eigenvalue weighted by molar-refractivity contribution is -0.149. The number of hydrogen-bond acceptors (Lipinski definition) is 4. The lowest BCUT2D eigenvalue weighted by Crippen LogP contribution is -2.29. The number of carbonyl (C=O) groups excluding carboxylic acids is 2. The van der Waals surface area contributed by atoms with Crippen molar-refractivity contribution < 1.29 is 19.1 Å². The van der Waals surface area contributed by atoms with Crippen molar-refractivity contribution in [2.24, 2.45) is 17.8 Å². The molecule has 0 unspecified atom stereocenters. The van der Waals surface area contributed by atoms with Crippen molar-refractivity contribution in [3.05, 3.63) is 29.8 Å². The molecule has 0 aliphatic heterocycles. The number of esters is 1. The van der Waals surface area contributed by atoms with Crippen LogP contribution in [0.1, 0.15) is 37.7 Å². The molecule has 24 heavy (non-hydrogen) atoms. The summed E-state index contributed by atoms with van der Waals surface area (Å²) in [4.78, 5) is 23.8. The van der Waals surface area contributed by atoms with E-state index in [0.717, 1.165) is 23.7 Å². The van der Waals surface area contributed by atoms with Gasteiger partial charge in [0.05, 0.1) is 7.11 Å². The highest BCUT2D eigenvalue weighted by molar-refractivity contribution is 5.80. The molecule has 1 aromatic rings. The molecule has 0 heterocycles. The first kappa shape index (κ1) is 16.8. The smallest absolute Gasteiger partial charge is 0.306 e. The predicted molar refractivity (Wildman–Crippen MR) is 89.4 cm³/mol. The summed E-state index contributed by atoms with van der Waals surface area (Å²) in [5.74, 6) is 2.17. The number of nitrogens with one attached hydrogen (secondary N) is 1. The molecule has 1 amide bonds. The molecular weight excluding hydrogens is 306 g/mol. The van der Waals surface area contributed by atoms with Crippen LogP contribution in [0.15, 0.2) is 24.3 Å². The molecule has 2 aliphatic carbocycles. The first-order valence-electron chi connectivity index (χ1n) is 8.70. The van der Waals surface area contributed by atoms with Gasteiger partial charge in [-0.3, -0.25) is 9.59 Å². The van der Waals surface area contributed by atoms with Gasteiger partial charge in [0.1, 0.15) is 5.75 Å². The first-order chi connectivity index (χ1) is 11.7. The van der Waals surface area contributed by atoms with Gasteiger partial charge < -0.3 is 14.8 Å². The average Bonchev–Trinajstić information content (AvgIpc) is 3.21. The number of carbonyl (C=O) groups is 2. The van der Waals surface area contributed by atoms with E-state index in [1.165, 1.54) is 19.3 Å². The molecule has 0 saturated heterocycles. The minimum Gasteiger partial charge on any atom is -0.496 e. The van der Waals surface area contributed by atoms with E-state index in [0.29, 0.717) is 24.8 Å². The van der Waals surface area contributed by atoms with Gasteiger partial charge in [-0.2, -0.15) is 0 Å². The van der Waals surface area contributed by atoms with E-state index < -0.39 is 0 Å². The van der Waals surface area contributed by atoms with Gasteiger partial charge in [-0.15, -0.1) is 0 Å². The Morgan fingerprint density at radius 2 is 2.04 bits per heavy atom. The highest BCUT2D eigenvalue weighted by atomic mass is 16.5. The van der Waals surface area contributed by atoms with Gasteiger partial charge in [-0.25, -0.2) is 0 Å². The van der Waals surface area contributed by atoms with Crippen molar-refractivity contribution in [1.29, 1.82) is 0 Å². The van der Waals surface area contributed by atoms with Crippen LogP contribution in [0.5, 0.6) is 5.75 Å². The number of benzene rings is 1. The summed E-state index contributed by atoms with van der Waals surface area (Å²) >= 11 is 0. The molecule has 2 saturated carbocycles. The monoisotopic (exact) mass is 331 g/mol. The summed E-state index contributed by atoms with van der Waals surface area (Å²) in [5.41, 5.74) is 0.890. The number of hydrogen-bond donors (Lipinski definition) is 1. The minimum atomic E-state index is -0.290. The van der Waals surface area contributed by atoms with Crippen LogP contribution < -0.4 is 10.1 Å². The van der Waals surface area contributed by atoms with E-state index in [1.807, 2.05) is 24.3 Å². The van der Waals surface area contributed by atoms with Gasteiger partial charge in [0.2, 0.25) is 0 Å². The third-order valence-electron chi connectivity index (χ3n) is 5.35. The summed E-state index contributed by atoms with van der Waals surface area (Å²) in [5, 5.41) is 2.75. The molecule has 3 atom stereocenters. The van der Waals surface area contributed by atoms with E-state index in [1.54, 1.807) is 7.11 Å². The van der Waals surface area contributed by atoms with E-state index in [2.05, 4.69) is 5.32 Å². The standard InChI is InChI=1S/C19H25NO4/c1-23-17-5-3-2-4-15(17)11-20-18(21)12-24-19(22)10-16-9-13-6-7-14(16)8-13/h2-5,13-14,16H,6-12H2,1H3,(H,20,21)/t13-,14-,16+/m1/s1. The van der Waals surface area contributed by atoms with Crippen molar-refractivity contribution in [2.45, 2.75) is 38.6 Å². The fourth-order valence-corrected chi connectivity index (χ4v) is 4.14. The number of amides is 1. The highest BCUT2D eigenvalue weighted by Gasteiger charge is 2.40. The molecule has 0 radical (unpaired) electrons. The molecule has 2 bridgehead atoms. The van der Waals surface area contributed by atoms with Gasteiger partial charge in [0.15, 0.2) is 6.61 Å². The lowest BCUT2D eigenvalue weighted by Gasteiger charge is -2.20. The number of methoxy groups -OCH3 is 1. The van der Waals surface area contributed by atoms with E-state index in [4.69, 9.17) is 9.47 Å². The Kier molecular flexibility index (Phi) is 5.38. The van der Waals surface area contributed by atoms with Crippen LogP contribution in [-0.2, 0) is 20.9 Å². The second-order valence-electron chi connectivity index (χ2n) is 6.89. The molecular formula is C19H25NO4. The number of ether oxygens (including phenoxy) is 2. The van der Waals surface area contributed by atoms with Crippen molar-refractivity contribution in [2.75, 3.05) is 13.7 Å². The summed E-state index contributed by atoms with van der Waals surface area (Å²) in [6.45, 7) is 0.140. The Morgan fingerprint density at radius 3 is 2.75 bits per heavy atom. The fraction of sp³-hybridized carbons (Fsp3) is 0.579. The summed E-state index contributed by atoms with van der Waals surface area (Å²) < 4.78 is 10.4. The van der Waals surface area contributed by atoms with Crippen LogP contribution in [-0.4, -0.2) is 25.6 Å². The van der Waals surface area contributed by atoms with Crippen LogP contribution in [0.4, 0.5) is 0 Å². The second kappa shape index (κ2) is 7.69. The largest absolute Gasteiger partial charge is 0.496 e. The summed E-state index contributed by atoms with van der Waals surface area (Å²) in [6.07, 6.45) is 5.46. The third-order valence-corrected chi connectivity index (χ3v) is 5.35. The SMILES string of the molecule is COc1ccccc1CNC(=O)COC(=O)C[C@@H]1C[C@@H]2CC[C@@H]1C2. The molecule has 0 spiro atoms. The van der Waals surface area contributed by atoms with E-state index >= 15 is 0 Å². The van der Waals surface area contributed by atoms with Crippen molar-refractivity contribution in [3.8, 4) is 5.75 Å². The van der Waals surface area contributed by atoms with Crippen LogP contribution in [0.3, 0.4) is 0 Å². The maximum Gasteiger partial charge on any atom is 0.306 e. The van der Waals surface area contributed by atoms with Crippen LogP contribution in [0.25, 0.3) is 0 Å². The zero-order valence-corrected chi connectivity index (χ0v) is 14.1. The molecule has 1 N–H and O–H groups in total. The zero-order valence-electron chi connectivity index (χ0n) is 14.1. The molecule has 2 fully saturated rings. The summed E-state index contributed by atoms with van der Waals surface area (Å²) in [7, 11) is 1.60. The maximum atomic E-state index is 11.9. The Bertz CT molecular complexity index is 601. The predicted octanol–water partition coefficient (Wildman–Crippen LogP) is 2.68. The fourth-order valence-electron chi connectivity index (χ4n) is 4.14. The van der Waals surface area contributed by atoms with Crippen LogP contribution >= 0.6 is 0 Å². The molecule has 3 rings (SSSR count). The Labute approximate surface area is 142 Å². The van der Waals surface area contributed by atoms with Crippen LogP contribution in [0, 0.1) is 17.8 Å². The van der Waals surface area contributed by atoms with E-state index in [-0.39, 0.29) is 18.5 Å². The molecule has 5 heteroatoms. The molecule has 130 valence electrons. The van der Waals surface area contributed by atoms with Gasteiger partial charge in [-0.05, 0) is 43.1 Å². The van der Waals surface area contributed by atoms with Gasteiger partial charge in [0, 0.05) is 18.5 Å². The molecule has 5 nitrogen and oxygen atoms in total. The number of rotatable bonds is 7. The van der Waals surface area contributed by atoms with Gasteiger partial charge in [0.25, 0.3) is 5.91 Å². The third kappa shape index (κ3) is 4.08. The Morgan fingerprint density at radius 1 is 1.21 bits per heavy atom. The van der Waals surface area contributed by atoms with Crippen molar-refractivity contribution >= 4 is 11.9 Å². The minimum absolute atomic E-state index is 0.213. The van der Waals surface area contributed by atoms with Crippen LogP contribution in [0.2, 0.25) is 0 Å². The van der Waals surface area contributed by atoms with Gasteiger partial charge in [-0.1, -0.05) is 24.6 Å². The first-order valence-corrected chi connectivity index (χ1v) is 8.70. The maximum absolute atomic E-state index is 11.9. The lowest BCUT2D eigenvalue weighted by atomic mass is 9.86. The zero-order chi connectivity index (χ0) is 16.9. The summed E-state index contributed by atoms with van der Waals surface area (Å²) in [6, 6.07) is 7.50. The Balaban J connectivity index is 1.37. The molecule has 0 aromatic heterocycles. The van der Waals surface area contributed by atoms with Crippen molar-refractivity contribution in [1.82, 2.24) is 5.32 Å². The molecule has 1 aromatic carbocycles. The topological polar surface area (TPSA) is 64.6 Å². The number of fused-ring (bicyclic) bond motifs is 2. The normalized spacial score (nSPS) is 24.6. The molecule has 2 aliphatic rings. The second-order valence-corrected chi connectivity index (χ2v) is 6.89. The number of para-hydroxylation sites is 1. The van der Waals surface area contributed by atoms with Crippen molar-refractivity contribution in [3.63, 3.8) is 0 Å².